The summed E-state index contributed by atoms with van der Waals surface area (Å²) in [5.41, 5.74) is -0.232. The Morgan fingerprint density at radius 1 is 1.25 bits per heavy atom. The van der Waals surface area contributed by atoms with Crippen molar-refractivity contribution in [2.75, 3.05) is 6.54 Å². The average Bonchev–Trinajstić information content (AvgIpc) is 2.23. The first-order chi connectivity index (χ1) is 8.93. The van der Waals surface area contributed by atoms with Crippen LogP contribution in [0.15, 0.2) is 17.0 Å². The van der Waals surface area contributed by atoms with Gasteiger partial charge in [-0.15, -0.1) is 0 Å². The lowest BCUT2D eigenvalue weighted by Crippen LogP contribution is -2.32. The number of hydrogen-bond donors (Lipinski definition) is 1. The van der Waals surface area contributed by atoms with Gasteiger partial charge in [0.05, 0.1) is 15.6 Å². The van der Waals surface area contributed by atoms with Gasteiger partial charge in [-0.2, -0.15) is 0 Å². The third-order valence-electron chi connectivity index (χ3n) is 2.32. The van der Waals surface area contributed by atoms with Gasteiger partial charge in [0.1, 0.15) is 4.90 Å². The van der Waals surface area contributed by atoms with Crippen LogP contribution in [0, 0.1) is 5.41 Å². The molecule has 0 aliphatic heterocycles. The summed E-state index contributed by atoms with van der Waals surface area (Å²) >= 11 is 11.8. The molecule has 112 valence electrons. The minimum atomic E-state index is -4.05. The van der Waals surface area contributed by atoms with Gasteiger partial charge in [-0.3, -0.25) is 4.79 Å². The highest BCUT2D eigenvalue weighted by molar-refractivity contribution is 8.13. The Kier molecular flexibility index (Phi) is 5.35. The maximum absolute atomic E-state index is 12.1. The van der Waals surface area contributed by atoms with E-state index in [0.29, 0.717) is 6.54 Å². The summed E-state index contributed by atoms with van der Waals surface area (Å²) in [6.45, 7) is 6.21. The van der Waals surface area contributed by atoms with Crippen molar-refractivity contribution < 1.29 is 13.2 Å². The molecule has 0 saturated heterocycles. The second-order valence-electron chi connectivity index (χ2n) is 5.42. The molecular weight excluding hydrogens is 345 g/mol. The van der Waals surface area contributed by atoms with Crippen LogP contribution in [-0.4, -0.2) is 20.9 Å². The van der Waals surface area contributed by atoms with Gasteiger partial charge in [0, 0.05) is 17.2 Å². The summed E-state index contributed by atoms with van der Waals surface area (Å²) in [7, 11) is 1.21. The SMILES string of the molecule is CC(C)(C)CNC(=O)c1c(Cl)ccc(S(=O)(=O)Cl)c1Cl. The van der Waals surface area contributed by atoms with Crippen molar-refractivity contribution in [1.29, 1.82) is 0 Å². The highest BCUT2D eigenvalue weighted by atomic mass is 35.7. The molecule has 0 radical (unpaired) electrons. The Morgan fingerprint density at radius 3 is 2.25 bits per heavy atom. The Morgan fingerprint density at radius 2 is 1.80 bits per heavy atom. The van der Waals surface area contributed by atoms with Crippen molar-refractivity contribution in [2.24, 2.45) is 5.41 Å². The zero-order chi connectivity index (χ0) is 15.7. The van der Waals surface area contributed by atoms with Crippen molar-refractivity contribution in [2.45, 2.75) is 25.7 Å². The molecule has 0 saturated carbocycles. The van der Waals surface area contributed by atoms with Crippen molar-refractivity contribution in [1.82, 2.24) is 5.32 Å². The van der Waals surface area contributed by atoms with Crippen LogP contribution in [0.4, 0.5) is 0 Å². The van der Waals surface area contributed by atoms with Crippen LogP contribution in [0.3, 0.4) is 0 Å². The molecule has 4 nitrogen and oxygen atoms in total. The Balaban J connectivity index is 3.22. The van der Waals surface area contributed by atoms with Gasteiger partial charge in [-0.05, 0) is 17.5 Å². The lowest BCUT2D eigenvalue weighted by molar-refractivity contribution is 0.0939. The van der Waals surface area contributed by atoms with Crippen LogP contribution >= 0.6 is 33.9 Å². The number of hydrogen-bond acceptors (Lipinski definition) is 3. The molecule has 0 unspecified atom stereocenters. The molecule has 0 aliphatic carbocycles. The van der Waals surface area contributed by atoms with E-state index in [0.717, 1.165) is 6.07 Å². The van der Waals surface area contributed by atoms with Crippen molar-refractivity contribution in [3.63, 3.8) is 0 Å². The predicted octanol–water partition coefficient (Wildman–Crippen LogP) is 3.70. The lowest BCUT2D eigenvalue weighted by Gasteiger charge is -2.19. The molecule has 1 aromatic carbocycles. The normalized spacial score (nSPS) is 12.3. The topological polar surface area (TPSA) is 63.2 Å². The largest absolute Gasteiger partial charge is 0.351 e. The molecule has 1 amide bonds. The molecule has 1 N–H and O–H groups in total. The molecule has 0 heterocycles. The molecule has 1 aromatic rings. The van der Waals surface area contributed by atoms with E-state index >= 15 is 0 Å². The van der Waals surface area contributed by atoms with Crippen LogP contribution in [0.2, 0.25) is 10.0 Å². The minimum absolute atomic E-state index is 0.0606. The second-order valence-corrected chi connectivity index (χ2v) is 8.74. The molecule has 0 aromatic heterocycles. The number of carbonyl (C=O) groups excluding carboxylic acids is 1. The summed E-state index contributed by atoms with van der Waals surface area (Å²) in [5, 5.41) is 2.44. The monoisotopic (exact) mass is 357 g/mol. The molecule has 1 rings (SSSR count). The highest BCUT2D eigenvalue weighted by Gasteiger charge is 2.24. The fourth-order valence-corrected chi connectivity index (χ4v) is 3.26. The van der Waals surface area contributed by atoms with E-state index in [1.807, 2.05) is 20.8 Å². The predicted molar refractivity (Wildman–Crippen MR) is 81.3 cm³/mol. The van der Waals surface area contributed by atoms with E-state index in [1.165, 1.54) is 6.07 Å². The van der Waals surface area contributed by atoms with Crippen LogP contribution < -0.4 is 5.32 Å². The smallest absolute Gasteiger partial charge is 0.262 e. The van der Waals surface area contributed by atoms with E-state index < -0.39 is 15.0 Å². The van der Waals surface area contributed by atoms with E-state index in [9.17, 15) is 13.2 Å². The molecule has 8 heteroatoms. The number of amides is 1. The van der Waals surface area contributed by atoms with Crippen molar-refractivity contribution in [3.8, 4) is 0 Å². The van der Waals surface area contributed by atoms with Gasteiger partial charge in [-0.1, -0.05) is 44.0 Å². The fourth-order valence-electron chi connectivity index (χ4n) is 1.36. The van der Waals surface area contributed by atoms with Gasteiger partial charge in [0.2, 0.25) is 0 Å². The summed E-state index contributed by atoms with van der Waals surface area (Å²) in [6, 6.07) is 2.43. The van der Waals surface area contributed by atoms with Gasteiger partial charge >= 0.3 is 0 Å². The third-order valence-corrected chi connectivity index (χ3v) is 4.51. The molecule has 20 heavy (non-hydrogen) atoms. The Hall–Kier alpha value is -0.490. The van der Waals surface area contributed by atoms with E-state index in [-0.39, 0.29) is 25.9 Å². The first kappa shape index (κ1) is 17.6. The van der Waals surface area contributed by atoms with Crippen LogP contribution in [-0.2, 0) is 9.05 Å². The van der Waals surface area contributed by atoms with Gasteiger partial charge in [-0.25, -0.2) is 8.42 Å². The maximum atomic E-state index is 12.1. The molecule has 0 atom stereocenters. The van der Waals surface area contributed by atoms with E-state index in [2.05, 4.69) is 5.32 Å². The maximum Gasteiger partial charge on any atom is 0.262 e. The summed E-state index contributed by atoms with van der Waals surface area (Å²) in [4.78, 5) is 11.8. The zero-order valence-electron chi connectivity index (χ0n) is 11.1. The Bertz CT molecular complexity index is 636. The number of benzene rings is 1. The zero-order valence-corrected chi connectivity index (χ0v) is 14.2. The quantitative estimate of drug-likeness (QED) is 0.838. The number of carbonyl (C=O) groups is 1. The average molecular weight is 359 g/mol. The van der Waals surface area contributed by atoms with E-state index in [4.69, 9.17) is 33.9 Å². The summed E-state index contributed by atoms with van der Waals surface area (Å²) < 4.78 is 22.7. The van der Waals surface area contributed by atoms with Gasteiger partial charge < -0.3 is 5.32 Å². The second kappa shape index (κ2) is 6.10. The van der Waals surface area contributed by atoms with Crippen molar-refractivity contribution >= 4 is 48.8 Å². The standard InChI is InChI=1S/C12H14Cl3NO3S/c1-12(2,3)6-16-11(17)9-7(13)4-5-8(10(9)14)20(15,18)19/h4-5H,6H2,1-3H3,(H,16,17). The molecule has 0 fully saturated rings. The van der Waals surface area contributed by atoms with Crippen LogP contribution in [0.5, 0.6) is 0 Å². The lowest BCUT2D eigenvalue weighted by atomic mass is 9.97. The molecular formula is C12H14Cl3NO3S. The molecule has 0 aliphatic rings. The highest BCUT2D eigenvalue weighted by Crippen LogP contribution is 2.32. The Labute approximate surface area is 132 Å². The van der Waals surface area contributed by atoms with Crippen LogP contribution in [0.1, 0.15) is 31.1 Å². The number of rotatable bonds is 3. The fraction of sp³-hybridized carbons (Fsp3) is 0.417. The summed E-state index contributed by atoms with van der Waals surface area (Å²) in [6.07, 6.45) is 0. The first-order valence-corrected chi connectivity index (χ1v) is 8.71. The van der Waals surface area contributed by atoms with Crippen LogP contribution in [0.25, 0.3) is 0 Å². The molecule has 0 spiro atoms. The summed E-state index contributed by atoms with van der Waals surface area (Å²) in [5.74, 6) is -0.544. The number of halogens is 3. The molecule has 0 bridgehead atoms. The first-order valence-electron chi connectivity index (χ1n) is 5.64. The minimum Gasteiger partial charge on any atom is -0.351 e. The van der Waals surface area contributed by atoms with Gasteiger partial charge in [0.15, 0.2) is 0 Å². The van der Waals surface area contributed by atoms with Crippen molar-refractivity contribution in [3.05, 3.63) is 27.7 Å². The van der Waals surface area contributed by atoms with Gasteiger partial charge in [0.25, 0.3) is 15.0 Å². The third kappa shape index (κ3) is 4.52. The number of nitrogens with one attached hydrogen (secondary N) is 1. The van der Waals surface area contributed by atoms with E-state index in [1.54, 1.807) is 0 Å².